The smallest absolute Gasteiger partial charge is 0.423 e. The van der Waals surface area contributed by atoms with Gasteiger partial charge in [0.1, 0.15) is 0 Å². The van der Waals surface area contributed by atoms with E-state index in [1.807, 2.05) is 96.3 Å². The maximum Gasteiger partial charge on any atom is 0.488 e. The predicted octanol–water partition coefficient (Wildman–Crippen LogP) is 22.3. The summed E-state index contributed by atoms with van der Waals surface area (Å²) in [5.74, 6) is 0.189. The molecule has 13 aromatic carbocycles. The fourth-order valence-electron chi connectivity index (χ4n) is 11.5. The molecule has 0 atom stereocenters. The molecule has 15 aromatic rings. The molecular weight excluding hydrogens is 1200 g/mol. The van der Waals surface area contributed by atoms with E-state index in [0.717, 1.165) is 43.6 Å². The lowest BCUT2D eigenvalue weighted by molar-refractivity contribution is 0.426. The van der Waals surface area contributed by atoms with Crippen LogP contribution in [0.5, 0.6) is 0 Å². The molecule has 0 spiro atoms. The molecule has 4 nitrogen and oxygen atoms in total. The van der Waals surface area contributed by atoms with E-state index in [2.05, 4.69) is 256 Å². The van der Waals surface area contributed by atoms with Gasteiger partial charge in [-0.2, -0.15) is 0 Å². The average Bonchev–Trinajstić information content (AvgIpc) is 2.35. The van der Waals surface area contributed by atoms with E-state index in [9.17, 15) is 10.0 Å². The molecule has 0 radical (unpaired) electrons. The van der Waals surface area contributed by atoms with Gasteiger partial charge in [0.25, 0.3) is 0 Å². The van der Waals surface area contributed by atoms with Crippen molar-refractivity contribution in [2.75, 3.05) is 9.80 Å². The van der Waals surface area contributed by atoms with E-state index in [1.165, 1.54) is 79.3 Å². The van der Waals surface area contributed by atoms with E-state index in [-0.39, 0.29) is 5.92 Å². The first-order valence-corrected chi connectivity index (χ1v) is 31.9. The van der Waals surface area contributed by atoms with Gasteiger partial charge in [-0.25, -0.2) is 0 Å². The van der Waals surface area contributed by atoms with Crippen molar-refractivity contribution in [3.05, 3.63) is 354 Å². The molecule has 0 bridgehead atoms. The Labute approximate surface area is 535 Å². The van der Waals surface area contributed by atoms with Crippen LogP contribution in [0.1, 0.15) is 22.6 Å². The Kier molecular flexibility index (Phi) is 17.5. The maximum atomic E-state index is 9.23. The molecule has 0 saturated carbocycles. The zero-order valence-electron chi connectivity index (χ0n) is 47.7. The van der Waals surface area contributed by atoms with Gasteiger partial charge in [-0.05, 0) is 154 Å². The molecule has 88 heavy (non-hydrogen) atoms. The molecule has 0 aliphatic carbocycles. The number of fused-ring (bicyclic) bond motifs is 6. The summed E-state index contributed by atoms with van der Waals surface area (Å²) in [5, 5.41) is 24.4. The molecule has 0 aliphatic rings. The van der Waals surface area contributed by atoms with Crippen molar-refractivity contribution >= 4 is 137 Å². The van der Waals surface area contributed by atoms with Gasteiger partial charge < -0.3 is 19.8 Å². The molecule has 0 unspecified atom stereocenters. The van der Waals surface area contributed by atoms with Crippen molar-refractivity contribution in [3.8, 4) is 22.3 Å². The van der Waals surface area contributed by atoms with E-state index in [1.54, 1.807) is 23.5 Å². The Morgan fingerprint density at radius 1 is 0.330 bits per heavy atom. The summed E-state index contributed by atoms with van der Waals surface area (Å²) in [4.78, 5) is 4.42. The van der Waals surface area contributed by atoms with E-state index >= 15 is 0 Å². The molecule has 0 fully saturated rings. The largest absolute Gasteiger partial charge is 0.488 e. The van der Waals surface area contributed by atoms with Crippen molar-refractivity contribution in [2.24, 2.45) is 0 Å². The van der Waals surface area contributed by atoms with Crippen molar-refractivity contribution in [2.45, 2.75) is 5.92 Å². The summed E-state index contributed by atoms with van der Waals surface area (Å²) in [6.45, 7) is 0. The number of thiophene rings is 2. The zero-order chi connectivity index (χ0) is 59.8. The highest BCUT2D eigenvalue weighted by Crippen LogP contribution is 2.44. The molecule has 2 aromatic heterocycles. The van der Waals surface area contributed by atoms with Gasteiger partial charge in [0.15, 0.2) is 0 Å². The minimum atomic E-state index is -1.45. The van der Waals surface area contributed by atoms with Gasteiger partial charge >= 0.3 is 7.12 Å². The summed E-state index contributed by atoms with van der Waals surface area (Å²) in [6.07, 6.45) is 0. The number of halogens is 2. The fourth-order valence-corrected chi connectivity index (χ4v) is 14.4. The number of rotatable bonds is 12. The first-order valence-electron chi connectivity index (χ1n) is 29.1. The molecule has 0 aliphatic heterocycles. The molecule has 15 rings (SSSR count). The van der Waals surface area contributed by atoms with Crippen molar-refractivity contribution in [1.29, 1.82) is 0 Å². The highest BCUT2D eigenvalue weighted by Gasteiger charge is 2.20. The number of para-hydroxylation sites is 4. The summed E-state index contributed by atoms with van der Waals surface area (Å²) in [6, 6.07) is 114. The Morgan fingerprint density at radius 3 is 1.22 bits per heavy atom. The van der Waals surface area contributed by atoms with Crippen LogP contribution in [0.3, 0.4) is 0 Å². The summed E-state index contributed by atoms with van der Waals surface area (Å²) in [5.41, 5.74) is 15.8. The van der Waals surface area contributed by atoms with Gasteiger partial charge in [-0.1, -0.05) is 246 Å². The van der Waals surface area contributed by atoms with Crippen LogP contribution < -0.4 is 15.3 Å². The lowest BCUT2D eigenvalue weighted by Gasteiger charge is -2.25. The fraction of sp³-hybridized carbons (Fsp3) is 0.0127. The zero-order valence-corrected chi connectivity index (χ0v) is 51.7. The number of hydrogen-bond acceptors (Lipinski definition) is 6. The van der Waals surface area contributed by atoms with Crippen LogP contribution in [0, 0.1) is 0 Å². The molecule has 0 amide bonds. The maximum absolute atomic E-state index is 9.23. The quantitative estimate of drug-likeness (QED) is 0.0945. The monoisotopic (exact) mass is 1250 g/mol. The van der Waals surface area contributed by atoms with Gasteiger partial charge in [-0.15, -0.1) is 22.7 Å². The van der Waals surface area contributed by atoms with Crippen LogP contribution in [0.25, 0.3) is 62.6 Å². The normalized spacial score (nSPS) is 11.1. The topological polar surface area (TPSA) is 46.9 Å². The van der Waals surface area contributed by atoms with Crippen LogP contribution in [-0.2, 0) is 0 Å². The van der Waals surface area contributed by atoms with Gasteiger partial charge in [0.05, 0.1) is 9.72 Å². The second-order valence-electron chi connectivity index (χ2n) is 21.3. The van der Waals surface area contributed by atoms with Crippen LogP contribution in [0.15, 0.2) is 332 Å². The second-order valence-corrected chi connectivity index (χ2v) is 24.7. The summed E-state index contributed by atoms with van der Waals surface area (Å²) >= 11 is 13.3. The van der Waals surface area contributed by atoms with Crippen LogP contribution >= 0.6 is 50.2 Å². The Hall–Kier alpha value is -9.35. The average molecular weight is 1260 g/mol. The van der Waals surface area contributed by atoms with E-state index in [4.69, 9.17) is 11.6 Å². The predicted molar refractivity (Wildman–Crippen MR) is 382 cm³/mol. The van der Waals surface area contributed by atoms with Gasteiger partial charge in [-0.3, -0.25) is 0 Å². The minimum absolute atomic E-state index is 0.189. The second kappa shape index (κ2) is 26.7. The van der Waals surface area contributed by atoms with Crippen LogP contribution in [0.2, 0.25) is 5.02 Å². The first kappa shape index (κ1) is 57.7. The third kappa shape index (κ3) is 12.6. The summed E-state index contributed by atoms with van der Waals surface area (Å²) in [7, 11) is -1.45. The molecular formula is C79H57BBrClN2O2S2. The number of benzene rings is 13. The third-order valence-corrected chi connectivity index (χ3v) is 19.1. The van der Waals surface area contributed by atoms with E-state index in [0.29, 0.717) is 5.46 Å². The Bertz CT molecular complexity index is 4650. The SMILES string of the molecule is Clc1cccc2c1sc1ccc(Br)cc12.OB(O)c1ccc(N(c2ccccc2)c2ccccc2)cc1.c1ccc(C(c2ccccc2)c2ccc(-c3cccc4c3sc3ccc(-c5ccc(N(c6ccccc6)c6ccccc6)cc5)cc34)cc2)cc1. The van der Waals surface area contributed by atoms with Crippen LogP contribution in [-0.4, -0.2) is 17.2 Å². The highest BCUT2D eigenvalue weighted by atomic mass is 79.9. The lowest BCUT2D eigenvalue weighted by atomic mass is 9.80. The number of nitrogens with zero attached hydrogens (tertiary/aromatic N) is 2. The standard InChI is InChI=1S/C49H35NS.C18H16BNO2.C12H6BrClS/c1-5-14-37(15-6-1)48(38-16-7-2-8-17-38)39-26-24-36(25-27-39)44-22-13-23-45-46-34-40(30-33-47(46)51-49(44)45)35-28-31-43(32-29-35)50(41-18-9-3-10-19-41)42-20-11-4-12-21-42;21-19(22)15-11-13-18(14-12-15)20(16-7-3-1-4-8-16)17-9-5-2-6-10-17;13-7-4-5-11-9(6-7)8-2-1-3-10(14)12(8)15-11/h1-34,48H;1-14,21-22H;1-6H. The van der Waals surface area contributed by atoms with Gasteiger partial charge in [0, 0.05) is 80.2 Å². The minimum Gasteiger partial charge on any atom is -0.423 e. The molecule has 2 heterocycles. The Balaban J connectivity index is 0.000000157. The van der Waals surface area contributed by atoms with E-state index < -0.39 is 7.12 Å². The van der Waals surface area contributed by atoms with Crippen molar-refractivity contribution < 1.29 is 10.0 Å². The molecule has 424 valence electrons. The molecule has 9 heteroatoms. The number of hydrogen-bond donors (Lipinski definition) is 2. The van der Waals surface area contributed by atoms with Crippen molar-refractivity contribution in [3.63, 3.8) is 0 Å². The summed E-state index contributed by atoms with van der Waals surface area (Å²) < 4.78 is 6.20. The van der Waals surface area contributed by atoms with Crippen LogP contribution in [0.4, 0.5) is 34.1 Å². The Morgan fingerprint density at radius 2 is 0.716 bits per heavy atom. The highest BCUT2D eigenvalue weighted by molar-refractivity contribution is 9.10. The number of anilines is 6. The molecule has 2 N–H and O–H groups in total. The van der Waals surface area contributed by atoms with Gasteiger partial charge in [0.2, 0.25) is 0 Å². The molecule has 0 saturated heterocycles. The lowest BCUT2D eigenvalue weighted by Crippen LogP contribution is -2.29. The first-order chi connectivity index (χ1) is 43.3. The van der Waals surface area contributed by atoms with Crippen molar-refractivity contribution in [1.82, 2.24) is 0 Å². The third-order valence-electron chi connectivity index (χ3n) is 15.7.